The van der Waals surface area contributed by atoms with Crippen LogP contribution in [0.1, 0.15) is 48.5 Å². The quantitative estimate of drug-likeness (QED) is 0.0280. The Bertz CT molecular complexity index is 3940. The average molecular weight is 2080 g/mol. The molecule has 0 unspecified atom stereocenters. The second kappa shape index (κ2) is 50.3. The van der Waals surface area contributed by atoms with E-state index < -0.39 is 451 Å². The minimum Gasteiger partial charge on any atom is -0.394 e. The van der Waals surface area contributed by atoms with Gasteiger partial charge in [-0.25, -0.2) is 0 Å². The minimum atomic E-state index is -2.73. The van der Waals surface area contributed by atoms with Crippen LogP contribution in [0.2, 0.25) is 0 Å². The maximum atomic E-state index is 13.9. The second-order valence-electron chi connectivity index (χ2n) is 36.5. The molecule has 0 radical (unpaired) electrons. The lowest BCUT2D eigenvalue weighted by Crippen LogP contribution is -2.72. The van der Waals surface area contributed by atoms with E-state index in [1.165, 1.54) is 20.8 Å². The van der Waals surface area contributed by atoms with Crippen LogP contribution >= 0.6 is 0 Å². The molecule has 0 aromatic rings. The van der Waals surface area contributed by atoms with Crippen molar-refractivity contribution in [3.8, 4) is 0 Å². The summed E-state index contributed by atoms with van der Waals surface area (Å²) in [6.07, 6.45) is -120. The summed E-state index contributed by atoms with van der Waals surface area (Å²) in [6, 6.07) is -8.00. The lowest BCUT2D eigenvalue weighted by Gasteiger charge is -2.52. The number of aliphatic hydroxyl groups is 31. The second-order valence-corrected chi connectivity index (χ2v) is 36.5. The molecule has 0 aromatic carbocycles. The molecule has 0 aromatic heterocycles. The number of amides is 4. The zero-order chi connectivity index (χ0) is 104. The third kappa shape index (κ3) is 25.2. The number of carbonyl (C=O) groups excluding carboxylic acids is 4. The molecule has 0 spiro atoms. The zero-order valence-electron chi connectivity index (χ0n) is 76.9. The van der Waals surface area contributed by atoms with Gasteiger partial charge in [-0.1, -0.05) is 0 Å². The van der Waals surface area contributed by atoms with Gasteiger partial charge in [0.05, 0.1) is 77.8 Å². The summed E-state index contributed by atoms with van der Waals surface area (Å²) in [5, 5.41) is 361. The van der Waals surface area contributed by atoms with E-state index in [2.05, 4.69) is 21.3 Å². The fourth-order valence-electron chi connectivity index (χ4n) is 18.7. The van der Waals surface area contributed by atoms with E-state index >= 15 is 0 Å². The lowest BCUT2D eigenvalue weighted by molar-refractivity contribution is -0.408. The number of rotatable bonds is 35. The van der Waals surface area contributed by atoms with Crippen LogP contribution in [0.5, 0.6) is 0 Å². The summed E-state index contributed by atoms with van der Waals surface area (Å²) in [7, 11) is 0. The van der Waals surface area contributed by atoms with Crippen LogP contribution in [0, 0.1) is 0 Å². The van der Waals surface area contributed by atoms with Gasteiger partial charge in [-0.15, -0.1) is 0 Å². The van der Waals surface area contributed by atoms with Gasteiger partial charge in [0.2, 0.25) is 23.6 Å². The number of hydrogen-bond acceptors (Lipinski definition) is 58. The Morgan fingerprint density at radius 3 is 0.817 bits per heavy atom. The van der Waals surface area contributed by atoms with Gasteiger partial charge >= 0.3 is 0 Å². The average Bonchev–Trinajstić information content (AvgIpc) is 0.760. The fourth-order valence-corrected chi connectivity index (χ4v) is 18.7. The van der Waals surface area contributed by atoms with Crippen LogP contribution in [0.4, 0.5) is 0 Å². The Morgan fingerprint density at radius 1 is 0.197 bits per heavy atom. The summed E-state index contributed by atoms with van der Waals surface area (Å²) in [4.78, 5) is 53.0. The summed E-state index contributed by atoms with van der Waals surface area (Å²) in [6.45, 7) is -3.64. The van der Waals surface area contributed by atoms with Gasteiger partial charge < -0.3 is 289 Å². The molecule has 4 amide bonds. The molecule has 822 valence electrons. The maximum Gasteiger partial charge on any atom is 0.217 e. The predicted octanol–water partition coefficient (Wildman–Crippen LogP) is -23.5. The summed E-state index contributed by atoms with van der Waals surface area (Å²) < 4.78 is 140. The minimum absolute atomic E-state index is 0.828. The van der Waals surface area contributed by atoms with E-state index in [0.29, 0.717) is 0 Å². The fraction of sp³-hybridized carbons (Fsp3) is 0.950. The summed E-state index contributed by atoms with van der Waals surface area (Å²) in [5.41, 5.74) is 0. The van der Waals surface area contributed by atoms with Gasteiger partial charge in [-0.2, -0.15) is 0 Å². The van der Waals surface area contributed by atoms with Gasteiger partial charge in [0.25, 0.3) is 0 Å². The number of nitrogens with one attached hydrogen (secondary N) is 4. The first-order valence-electron chi connectivity index (χ1n) is 45.7. The summed E-state index contributed by atoms with van der Waals surface area (Å²) >= 11 is 0. The molecule has 60 atom stereocenters. The van der Waals surface area contributed by atoms with Crippen LogP contribution in [0.3, 0.4) is 0 Å². The van der Waals surface area contributed by atoms with Crippen LogP contribution in [0.15, 0.2) is 0 Å². The Labute approximate surface area is 805 Å². The van der Waals surface area contributed by atoms with Crippen LogP contribution in [0.25, 0.3) is 0 Å². The van der Waals surface area contributed by atoms with E-state index in [4.69, 9.17) is 109 Å². The van der Waals surface area contributed by atoms with Crippen molar-refractivity contribution >= 4 is 23.6 Å². The number of aliphatic hydroxyl groups excluding tert-OH is 31. The molecule has 142 heavy (non-hydrogen) atoms. The highest BCUT2D eigenvalue weighted by atomic mass is 16.8. The molecule has 12 aliphatic rings. The van der Waals surface area contributed by atoms with Gasteiger partial charge in [0, 0.05) is 27.7 Å². The van der Waals surface area contributed by atoms with Crippen molar-refractivity contribution in [3.05, 3.63) is 0 Å². The number of carbonyl (C=O) groups is 4. The topological polar surface area (TPSA) is 956 Å². The van der Waals surface area contributed by atoms with Gasteiger partial charge in [-0.05, 0) is 20.8 Å². The molecule has 0 aliphatic carbocycles. The van der Waals surface area contributed by atoms with E-state index in [1.807, 2.05) is 0 Å². The number of hydrogen-bond donors (Lipinski definition) is 35. The third-order valence-corrected chi connectivity index (χ3v) is 26.6. The molecule has 12 fully saturated rings. The summed E-state index contributed by atoms with van der Waals surface area (Å²) in [5.74, 6) is -3.97. The molecular weight excluding hydrogens is 1940 g/mol. The highest BCUT2D eigenvalue weighted by Gasteiger charge is 2.64. The standard InChI is InChI=1S/C80H134N4O58/c1-17-37(97)47(107)54(114)73(121-17)137-63-35(83-22(6)95)71(130-30(14-91)61(63)135-76-57(117)50(110)40(100)24(8-85)125-76)140-66-51(111)41(101)25(9-86)126-78(66)120-16-32-44(104)65(58(118)77(132-32)134-60-29(13-90)129-70(34(46(60)106)82-21(5)94)133-59-28(12-89)124-69(119)33(45(59)105)81-20(4)93)139-80-67(52(112)42(102)27(11-88)128-80)141-72-36(84-23(7)96)64(138-74-55(115)48(108)38(98)18(2)122-74)62(31(15-92)131-72)136-79-68(53(113)43(103)26(10-87)127-79)142-75-56(116)49(109)39(99)19(3)123-75/h17-19,24-80,85-92,97-119H,8-16H2,1-7H3,(H,81,93)(H,82,94)(H,83,95)(H,84,96)/t17-,18-,19-,24+,25+,26+,27+,28+,29+,30+,31+,32+,33+,34+,35+,36+,37+,38+,39+,40-,41+,42+,43-,44+,45+,46+,47+,48+,49+,50-,51-,52-,53-,54-,55-,56-,57+,58-,59+,60+,61+,62+,63+,64+,65-,66-,67-,68+,69+,70-,71-,72-,73-,74-,75-,76-,77-,78-,79-,80+/m0/s1. The lowest BCUT2D eigenvalue weighted by atomic mass is 9.93. The van der Waals surface area contributed by atoms with E-state index in [1.54, 1.807) is 0 Å². The maximum absolute atomic E-state index is 13.9. The van der Waals surface area contributed by atoms with Crippen molar-refractivity contribution in [2.45, 2.75) is 417 Å². The Balaban J connectivity index is 0.920. The molecule has 0 bridgehead atoms. The van der Waals surface area contributed by atoms with Crippen molar-refractivity contribution in [1.82, 2.24) is 21.3 Å². The molecule has 12 heterocycles. The molecule has 12 aliphatic heterocycles. The molecule has 35 N–H and O–H groups in total. The highest BCUT2D eigenvalue weighted by Crippen LogP contribution is 2.44. The van der Waals surface area contributed by atoms with Crippen molar-refractivity contribution in [3.63, 3.8) is 0 Å². The van der Waals surface area contributed by atoms with Crippen molar-refractivity contribution in [1.29, 1.82) is 0 Å². The molecule has 62 heteroatoms. The molecule has 12 rings (SSSR count). The zero-order valence-corrected chi connectivity index (χ0v) is 76.9. The van der Waals surface area contributed by atoms with Crippen molar-refractivity contribution in [2.24, 2.45) is 0 Å². The first-order chi connectivity index (χ1) is 67.1. The molecule has 0 saturated carbocycles. The molecule has 12 saturated heterocycles. The van der Waals surface area contributed by atoms with E-state index in [-0.39, 0.29) is 0 Å². The van der Waals surface area contributed by atoms with Crippen molar-refractivity contribution < 1.29 is 286 Å². The largest absolute Gasteiger partial charge is 0.394 e. The van der Waals surface area contributed by atoms with E-state index in [9.17, 15) is 177 Å². The normalized spacial score (nSPS) is 50.9. The third-order valence-electron chi connectivity index (χ3n) is 26.6. The van der Waals surface area contributed by atoms with Crippen LogP contribution in [-0.4, -0.2) is 610 Å². The first kappa shape index (κ1) is 116. The predicted molar refractivity (Wildman–Crippen MR) is 437 cm³/mol. The first-order valence-corrected chi connectivity index (χ1v) is 45.7. The SMILES string of the molecule is CC(=O)N[C@@H]1[C@@H](O)[C@H](O[C@@H]2O[C@H](CO)[C@@H](O[C@@H]3O[C@H](CO[C@H]4O[C@H](CO)[C@@H](O)[C@H](O)[C@@H]4O[C@@H]4O[C@H](CO)[C@@H](O[C@@H]5O[C@H](CO)[C@H](O)[C@H](O)[C@H]5O)[C@H](O[C@@H]5O[C@@H](C)[C@@H](O)[C@@H](O)[C@@H]5O)[C@H]4NC(C)=O)[C@@H](O)[C@H](O[C@H]4O[C@H](CO)[C@@H](O)[C@H](O)[C@@H]4O[C@@H]4O[C@H](CO)[C@@H](O[C@@H]5O[C@H](CO)[C@H](O)[C@H](O)[C@H]5O[C@@H]5O[C@@H](C)[C@@H](O)[C@@H](O)[C@@H]5O)[C@H](O[C@@H]5O[C@@H](C)[C@@H](O)[C@@H](O)[C@@H]5O)[C@H]4NC(C)=O)[C@@H]3O)[C@H](O)[C@H]2NC(C)=O)[C@@H](CO)O[C@H]1O. The molecular formula is C80H134N4O58. The molecule has 62 nitrogen and oxygen atoms in total. The smallest absolute Gasteiger partial charge is 0.217 e. The Hall–Kier alpha value is -4.28. The number of ether oxygens (including phenoxy) is 23. The van der Waals surface area contributed by atoms with Gasteiger partial charge in [0.15, 0.2) is 75.5 Å². The van der Waals surface area contributed by atoms with Gasteiger partial charge in [-0.3, -0.25) is 19.2 Å². The van der Waals surface area contributed by atoms with Crippen molar-refractivity contribution in [2.75, 3.05) is 59.5 Å². The van der Waals surface area contributed by atoms with Crippen LogP contribution < -0.4 is 21.3 Å². The Kier molecular flexibility index (Phi) is 41.2. The van der Waals surface area contributed by atoms with Crippen LogP contribution in [-0.2, 0) is 128 Å². The highest BCUT2D eigenvalue weighted by molar-refractivity contribution is 5.74. The van der Waals surface area contributed by atoms with Gasteiger partial charge in [0.1, 0.15) is 274 Å². The monoisotopic (exact) mass is 2080 g/mol. The Morgan fingerprint density at radius 2 is 0.437 bits per heavy atom. The van der Waals surface area contributed by atoms with E-state index in [0.717, 1.165) is 27.7 Å².